The highest BCUT2D eigenvalue weighted by molar-refractivity contribution is 7.91. The van der Waals surface area contributed by atoms with Crippen LogP contribution in [0, 0.1) is 5.92 Å². The first-order chi connectivity index (χ1) is 17.8. The maximum atomic E-state index is 13.6. The number of fused-ring (bicyclic) bond motifs is 2. The number of hydrogen-bond acceptors (Lipinski definition) is 7. The fourth-order valence-corrected chi connectivity index (χ4v) is 6.51. The van der Waals surface area contributed by atoms with E-state index >= 15 is 0 Å². The van der Waals surface area contributed by atoms with Crippen molar-refractivity contribution in [2.45, 2.75) is 107 Å². The molecular formula is C27H40N4O6S. The van der Waals surface area contributed by atoms with E-state index in [9.17, 15) is 22.8 Å². The topological polar surface area (TPSA) is 134 Å². The lowest BCUT2D eigenvalue weighted by molar-refractivity contribution is -0.131. The monoisotopic (exact) mass is 548 g/mol. The average molecular weight is 549 g/mol. The van der Waals surface area contributed by atoms with E-state index in [1.165, 1.54) is 0 Å². The van der Waals surface area contributed by atoms with Gasteiger partial charge in [-0.05, 0) is 78.6 Å². The molecule has 4 rings (SSSR count). The number of amides is 3. The minimum atomic E-state index is -3.75. The molecule has 0 aromatic heterocycles. The van der Waals surface area contributed by atoms with Gasteiger partial charge in [0.2, 0.25) is 15.9 Å². The number of aliphatic imine (C=N–C) groups is 1. The molecule has 0 aromatic carbocycles. The number of nitrogens with one attached hydrogen (secondary N) is 2. The molecule has 0 aromatic rings. The number of carbonyl (C=O) groups is 3. The van der Waals surface area contributed by atoms with Gasteiger partial charge < -0.3 is 15.0 Å². The van der Waals surface area contributed by atoms with Crippen molar-refractivity contribution in [2.24, 2.45) is 10.9 Å². The zero-order valence-electron chi connectivity index (χ0n) is 22.6. The SMILES string of the molecule is C=C1/C(=N/C(=O)OC(C)(C)C)CCCCC/C=C\[C@@H]2C[C@@]2(C(=O)NS(=O)(=O)C2CC2)NC(=O)[C@@H]2CCCN12. The second-order valence-corrected chi connectivity index (χ2v) is 13.8. The van der Waals surface area contributed by atoms with Gasteiger partial charge in [0, 0.05) is 12.5 Å². The number of hydrogen-bond donors (Lipinski definition) is 2. The van der Waals surface area contributed by atoms with Crippen LogP contribution in [0.15, 0.2) is 29.4 Å². The second kappa shape index (κ2) is 10.8. The van der Waals surface area contributed by atoms with Crippen LogP contribution in [-0.4, -0.2) is 65.9 Å². The predicted octanol–water partition coefficient (Wildman–Crippen LogP) is 3.34. The van der Waals surface area contributed by atoms with E-state index in [4.69, 9.17) is 4.74 Å². The van der Waals surface area contributed by atoms with Crippen LogP contribution in [0.1, 0.15) is 85.0 Å². The minimum absolute atomic E-state index is 0.270. The first-order valence-electron chi connectivity index (χ1n) is 13.6. The van der Waals surface area contributed by atoms with Crippen LogP contribution < -0.4 is 10.0 Å². The highest BCUT2D eigenvalue weighted by atomic mass is 32.2. The number of rotatable bonds is 3. The third kappa shape index (κ3) is 6.65. The molecule has 2 aliphatic carbocycles. The molecule has 3 fully saturated rings. The van der Waals surface area contributed by atoms with Crippen LogP contribution in [0.3, 0.4) is 0 Å². The quantitative estimate of drug-likeness (QED) is 0.517. The summed E-state index contributed by atoms with van der Waals surface area (Å²) in [6.45, 7) is 10.1. The Bertz CT molecular complexity index is 1150. The van der Waals surface area contributed by atoms with Gasteiger partial charge in [-0.2, -0.15) is 4.99 Å². The molecule has 0 bridgehead atoms. The summed E-state index contributed by atoms with van der Waals surface area (Å²) in [5.41, 5.74) is -0.980. The van der Waals surface area contributed by atoms with Gasteiger partial charge >= 0.3 is 6.09 Å². The molecule has 11 heteroatoms. The molecule has 210 valence electrons. The zero-order valence-corrected chi connectivity index (χ0v) is 23.4. The van der Waals surface area contributed by atoms with Crippen LogP contribution in [-0.2, 0) is 24.3 Å². The molecule has 3 amide bonds. The Morgan fingerprint density at radius 2 is 1.92 bits per heavy atom. The highest BCUT2D eigenvalue weighted by Crippen LogP contribution is 2.46. The number of ether oxygens (including phenoxy) is 1. The maximum Gasteiger partial charge on any atom is 0.434 e. The molecule has 3 atom stereocenters. The molecular weight excluding hydrogens is 508 g/mol. The largest absolute Gasteiger partial charge is 0.442 e. The molecule has 2 heterocycles. The van der Waals surface area contributed by atoms with Crippen LogP contribution >= 0.6 is 0 Å². The van der Waals surface area contributed by atoms with Crippen LogP contribution in [0.4, 0.5) is 4.79 Å². The van der Waals surface area contributed by atoms with Crippen molar-refractivity contribution in [3.05, 3.63) is 24.4 Å². The average Bonchev–Trinajstić information content (AvgIpc) is 3.72. The summed E-state index contributed by atoms with van der Waals surface area (Å²) < 4.78 is 32.6. The third-order valence-electron chi connectivity index (χ3n) is 7.47. The van der Waals surface area contributed by atoms with Crippen molar-refractivity contribution in [3.8, 4) is 0 Å². The van der Waals surface area contributed by atoms with Crippen molar-refractivity contribution < 1.29 is 27.5 Å². The Kier molecular flexibility index (Phi) is 8.07. The van der Waals surface area contributed by atoms with Crippen LogP contribution in [0.25, 0.3) is 0 Å². The lowest BCUT2D eigenvalue weighted by Crippen LogP contribution is -2.56. The molecule has 2 N–H and O–H groups in total. The third-order valence-corrected chi connectivity index (χ3v) is 9.29. The van der Waals surface area contributed by atoms with Crippen molar-refractivity contribution in [3.63, 3.8) is 0 Å². The Hall–Kier alpha value is -2.69. The van der Waals surface area contributed by atoms with Crippen molar-refractivity contribution in [2.75, 3.05) is 6.54 Å². The molecule has 0 radical (unpaired) electrons. The van der Waals surface area contributed by atoms with E-state index in [1.807, 2.05) is 17.1 Å². The molecule has 2 saturated carbocycles. The van der Waals surface area contributed by atoms with E-state index in [1.54, 1.807) is 20.8 Å². The molecule has 0 unspecified atom stereocenters. The normalized spacial score (nSPS) is 30.8. The van der Waals surface area contributed by atoms with E-state index in [0.717, 1.165) is 32.1 Å². The minimum Gasteiger partial charge on any atom is -0.442 e. The van der Waals surface area contributed by atoms with E-state index in [2.05, 4.69) is 21.6 Å². The molecule has 4 aliphatic rings. The Morgan fingerprint density at radius 1 is 1.18 bits per heavy atom. The number of allylic oxidation sites excluding steroid dienone is 2. The smallest absolute Gasteiger partial charge is 0.434 e. The van der Waals surface area contributed by atoms with Crippen LogP contribution in [0.2, 0.25) is 0 Å². The maximum absolute atomic E-state index is 13.6. The molecule has 0 spiro atoms. The van der Waals surface area contributed by atoms with E-state index in [-0.39, 0.29) is 11.8 Å². The summed E-state index contributed by atoms with van der Waals surface area (Å²) in [6.07, 6.45) is 9.86. The lowest BCUT2D eigenvalue weighted by atomic mass is 10.1. The number of sulfonamides is 1. The van der Waals surface area contributed by atoms with Gasteiger partial charge in [0.1, 0.15) is 17.2 Å². The molecule has 1 saturated heterocycles. The van der Waals surface area contributed by atoms with E-state index < -0.39 is 44.5 Å². The molecule has 2 aliphatic heterocycles. The zero-order chi connectivity index (χ0) is 27.7. The predicted molar refractivity (Wildman–Crippen MR) is 144 cm³/mol. The summed E-state index contributed by atoms with van der Waals surface area (Å²) >= 11 is 0. The Morgan fingerprint density at radius 3 is 2.61 bits per heavy atom. The summed E-state index contributed by atoms with van der Waals surface area (Å²) in [7, 11) is -3.75. The van der Waals surface area contributed by atoms with Gasteiger partial charge in [-0.1, -0.05) is 25.2 Å². The van der Waals surface area contributed by atoms with Gasteiger partial charge in [-0.25, -0.2) is 13.2 Å². The van der Waals surface area contributed by atoms with Crippen molar-refractivity contribution >= 4 is 33.6 Å². The summed E-state index contributed by atoms with van der Waals surface area (Å²) in [5.74, 6) is -1.30. The molecule has 38 heavy (non-hydrogen) atoms. The summed E-state index contributed by atoms with van der Waals surface area (Å²) in [6, 6.07) is -0.605. The van der Waals surface area contributed by atoms with Crippen molar-refractivity contribution in [1.29, 1.82) is 0 Å². The second-order valence-electron chi connectivity index (χ2n) is 11.8. The summed E-state index contributed by atoms with van der Waals surface area (Å²) in [5, 5.41) is 2.38. The van der Waals surface area contributed by atoms with Gasteiger partial charge in [0.25, 0.3) is 5.91 Å². The summed E-state index contributed by atoms with van der Waals surface area (Å²) in [4.78, 5) is 45.4. The Labute approximate surface area is 225 Å². The van der Waals surface area contributed by atoms with Crippen molar-refractivity contribution in [1.82, 2.24) is 14.9 Å². The number of carbonyl (C=O) groups excluding carboxylic acids is 3. The first kappa shape index (κ1) is 28.3. The first-order valence-corrected chi connectivity index (χ1v) is 15.2. The van der Waals surface area contributed by atoms with Gasteiger partial charge in [-0.3, -0.25) is 14.3 Å². The highest BCUT2D eigenvalue weighted by Gasteiger charge is 2.61. The fourth-order valence-electron chi connectivity index (χ4n) is 5.15. The Balaban J connectivity index is 1.58. The number of nitrogens with zero attached hydrogens (tertiary/aromatic N) is 2. The fraction of sp³-hybridized carbons (Fsp3) is 0.704. The lowest BCUT2D eigenvalue weighted by Gasteiger charge is -2.30. The van der Waals surface area contributed by atoms with Gasteiger partial charge in [0.15, 0.2) is 0 Å². The van der Waals surface area contributed by atoms with Crippen LogP contribution in [0.5, 0.6) is 0 Å². The van der Waals surface area contributed by atoms with Gasteiger partial charge in [-0.15, -0.1) is 0 Å². The molecule has 10 nitrogen and oxygen atoms in total. The van der Waals surface area contributed by atoms with E-state index in [0.29, 0.717) is 50.1 Å². The van der Waals surface area contributed by atoms with Gasteiger partial charge in [0.05, 0.1) is 16.7 Å². The standard InChI is InChI=1S/C27H40N4O6S/c1-18-21(28-25(34)37-26(2,3)4)12-9-7-5-6-8-11-19-17-27(19,24(33)30-38(35,36)20-14-15-20)29-23(32)22-13-10-16-31(18)22/h8,11,19-20,22H,1,5-7,9-10,12-17H2,2-4H3,(H,29,32)(H,30,33)/b11-8-,28-21+/t19-,22+,27-/m1/s1.